The lowest BCUT2D eigenvalue weighted by Gasteiger charge is -2.29. The number of carbonyl (C=O) groups is 2. The molecule has 2 aliphatic heterocycles. The molecule has 2 fully saturated rings. The summed E-state index contributed by atoms with van der Waals surface area (Å²) >= 11 is 0. The number of halogens is 1. The van der Waals surface area contributed by atoms with Crippen LogP contribution in [-0.4, -0.2) is 78.5 Å². The average molecular weight is 683 g/mol. The van der Waals surface area contributed by atoms with Crippen LogP contribution in [-0.2, 0) is 0 Å². The smallest absolute Gasteiger partial charge is 0.262 e. The van der Waals surface area contributed by atoms with Gasteiger partial charge in [-0.25, -0.2) is 9.37 Å². The first kappa shape index (κ1) is 34.6. The third kappa shape index (κ3) is 8.14. The number of aromatic nitrogens is 2. The van der Waals surface area contributed by atoms with E-state index in [1.54, 1.807) is 30.3 Å². The summed E-state index contributed by atoms with van der Waals surface area (Å²) in [5.74, 6) is -0.0270. The molecule has 11 nitrogen and oxygen atoms in total. The standard InChI is InChI=1S/C38H43FN6O5/c1-24-9-7-10-25(2)34(24)42-35(46)29-21-40-38(41-28-13-15-31(30(39)20-28)49-23-26-11-8-16-44(3)22-26)43-36(29)50-32-14-12-27(19-33(32)48-4)37(47)45-17-5-6-18-45/h7,9-10,12-15,19-21,26H,5-6,8,11,16-18,22-23H2,1-4H3,(H,42,46)(H,40,41,43). The molecule has 2 amide bonds. The van der Waals surface area contributed by atoms with E-state index in [0.717, 1.165) is 49.9 Å². The summed E-state index contributed by atoms with van der Waals surface area (Å²) in [4.78, 5) is 39.7. The van der Waals surface area contributed by atoms with Crippen LogP contribution < -0.4 is 24.8 Å². The van der Waals surface area contributed by atoms with Crippen molar-refractivity contribution in [3.8, 4) is 23.1 Å². The topological polar surface area (TPSA) is 118 Å². The van der Waals surface area contributed by atoms with Crippen molar-refractivity contribution >= 4 is 29.1 Å². The van der Waals surface area contributed by atoms with E-state index in [0.29, 0.717) is 48.3 Å². The van der Waals surface area contributed by atoms with Crippen LogP contribution in [0, 0.1) is 25.6 Å². The van der Waals surface area contributed by atoms with Gasteiger partial charge in [-0.05, 0) is 94.6 Å². The Morgan fingerprint density at radius 3 is 2.44 bits per heavy atom. The molecule has 1 atom stereocenters. The molecule has 50 heavy (non-hydrogen) atoms. The molecule has 262 valence electrons. The summed E-state index contributed by atoms with van der Waals surface area (Å²) in [6.45, 7) is 7.68. The Labute approximate surface area is 291 Å². The second-order valence-electron chi connectivity index (χ2n) is 13.0. The van der Waals surface area contributed by atoms with Crippen molar-refractivity contribution in [3.63, 3.8) is 0 Å². The van der Waals surface area contributed by atoms with Gasteiger partial charge in [-0.15, -0.1) is 0 Å². The minimum atomic E-state index is -0.520. The number of hydrogen-bond acceptors (Lipinski definition) is 9. The number of benzene rings is 3. The number of ether oxygens (including phenoxy) is 3. The molecule has 3 aromatic carbocycles. The average Bonchev–Trinajstić information content (AvgIpc) is 3.65. The number of nitrogens with zero attached hydrogens (tertiary/aromatic N) is 4. The molecule has 0 aliphatic carbocycles. The summed E-state index contributed by atoms with van der Waals surface area (Å²) in [5, 5.41) is 5.97. The molecule has 3 heterocycles. The maximum absolute atomic E-state index is 15.1. The number of nitrogens with one attached hydrogen (secondary N) is 2. The monoisotopic (exact) mass is 682 g/mol. The fraction of sp³-hybridized carbons (Fsp3) is 0.368. The summed E-state index contributed by atoms with van der Waals surface area (Å²) in [6, 6.07) is 15.2. The van der Waals surface area contributed by atoms with Crippen molar-refractivity contribution in [2.75, 3.05) is 57.6 Å². The SMILES string of the molecule is COc1cc(C(=O)N2CCCC2)ccc1Oc1nc(Nc2ccc(OCC3CCCN(C)C3)c(F)c2)ncc1C(=O)Nc1c(C)cccc1C. The fourth-order valence-electron chi connectivity index (χ4n) is 6.39. The number of rotatable bonds is 11. The molecule has 1 unspecified atom stereocenters. The maximum Gasteiger partial charge on any atom is 0.262 e. The summed E-state index contributed by atoms with van der Waals surface area (Å²) in [5.41, 5.74) is 3.35. The van der Waals surface area contributed by atoms with E-state index in [9.17, 15) is 9.59 Å². The van der Waals surface area contributed by atoms with E-state index in [1.165, 1.54) is 19.4 Å². The van der Waals surface area contributed by atoms with Gasteiger partial charge >= 0.3 is 0 Å². The van der Waals surface area contributed by atoms with Gasteiger partial charge in [0.1, 0.15) is 5.56 Å². The zero-order valence-electron chi connectivity index (χ0n) is 28.9. The van der Waals surface area contributed by atoms with Gasteiger partial charge in [0.05, 0.1) is 13.7 Å². The lowest BCUT2D eigenvalue weighted by Crippen LogP contribution is -2.34. The number of anilines is 3. The number of piperidine rings is 1. The third-order valence-corrected chi connectivity index (χ3v) is 9.11. The highest BCUT2D eigenvalue weighted by Crippen LogP contribution is 2.35. The number of methoxy groups -OCH3 is 1. The second kappa shape index (κ2) is 15.5. The van der Waals surface area contributed by atoms with Gasteiger partial charge in [0.2, 0.25) is 11.8 Å². The number of aryl methyl sites for hydroxylation is 2. The summed E-state index contributed by atoms with van der Waals surface area (Å²) < 4.78 is 32.8. The fourth-order valence-corrected chi connectivity index (χ4v) is 6.39. The first-order chi connectivity index (χ1) is 24.2. The lowest BCUT2D eigenvalue weighted by molar-refractivity contribution is 0.0792. The van der Waals surface area contributed by atoms with Crippen molar-refractivity contribution < 1.29 is 28.2 Å². The van der Waals surface area contributed by atoms with Crippen molar-refractivity contribution in [2.45, 2.75) is 39.5 Å². The van der Waals surface area contributed by atoms with E-state index in [2.05, 4.69) is 32.5 Å². The molecule has 4 aromatic rings. The van der Waals surface area contributed by atoms with E-state index in [-0.39, 0.29) is 34.8 Å². The third-order valence-electron chi connectivity index (χ3n) is 9.11. The molecule has 0 spiro atoms. The van der Waals surface area contributed by atoms with Gasteiger partial charge in [-0.1, -0.05) is 18.2 Å². The van der Waals surface area contributed by atoms with Gasteiger partial charge in [-0.2, -0.15) is 4.98 Å². The van der Waals surface area contributed by atoms with Crippen molar-refractivity contribution in [1.29, 1.82) is 0 Å². The van der Waals surface area contributed by atoms with Crippen LogP contribution in [0.15, 0.2) is 60.8 Å². The minimum Gasteiger partial charge on any atom is -0.493 e. The molecule has 2 N–H and O–H groups in total. The van der Waals surface area contributed by atoms with Crippen LogP contribution in [0.2, 0.25) is 0 Å². The molecule has 0 radical (unpaired) electrons. The van der Waals surface area contributed by atoms with Gasteiger partial charge in [-0.3, -0.25) is 9.59 Å². The molecule has 2 aliphatic rings. The van der Waals surface area contributed by atoms with Crippen LogP contribution in [0.5, 0.6) is 23.1 Å². The predicted octanol–water partition coefficient (Wildman–Crippen LogP) is 6.99. The van der Waals surface area contributed by atoms with Crippen LogP contribution in [0.3, 0.4) is 0 Å². The quantitative estimate of drug-likeness (QED) is 0.173. The van der Waals surface area contributed by atoms with Crippen LogP contribution in [0.1, 0.15) is 57.5 Å². The molecule has 12 heteroatoms. The predicted molar refractivity (Wildman–Crippen MR) is 190 cm³/mol. The van der Waals surface area contributed by atoms with Crippen LogP contribution in [0.4, 0.5) is 21.7 Å². The highest BCUT2D eigenvalue weighted by Gasteiger charge is 2.24. The van der Waals surface area contributed by atoms with Crippen molar-refractivity contribution in [2.24, 2.45) is 5.92 Å². The normalized spacial score (nSPS) is 16.2. The Kier molecular flexibility index (Phi) is 10.8. The van der Waals surface area contributed by atoms with E-state index < -0.39 is 11.7 Å². The Hall–Kier alpha value is -5.23. The number of hydrogen-bond donors (Lipinski definition) is 2. The molecule has 0 bridgehead atoms. The lowest BCUT2D eigenvalue weighted by atomic mass is 10.00. The molecular weight excluding hydrogens is 639 g/mol. The van der Waals surface area contributed by atoms with Gasteiger partial charge in [0.15, 0.2) is 23.1 Å². The maximum atomic E-state index is 15.1. The number of amides is 2. The largest absolute Gasteiger partial charge is 0.493 e. The highest BCUT2D eigenvalue weighted by atomic mass is 19.1. The number of para-hydroxylation sites is 1. The molecule has 6 rings (SSSR count). The van der Waals surface area contributed by atoms with Gasteiger partial charge in [0, 0.05) is 54.8 Å². The van der Waals surface area contributed by atoms with E-state index in [1.807, 2.05) is 36.9 Å². The zero-order valence-corrected chi connectivity index (χ0v) is 28.9. The van der Waals surface area contributed by atoms with E-state index in [4.69, 9.17) is 14.2 Å². The Morgan fingerprint density at radius 1 is 0.960 bits per heavy atom. The van der Waals surface area contributed by atoms with Crippen LogP contribution >= 0.6 is 0 Å². The molecular formula is C38H43FN6O5. The summed E-state index contributed by atoms with van der Waals surface area (Å²) in [6.07, 6.45) is 5.46. The first-order valence-electron chi connectivity index (χ1n) is 17.0. The Bertz CT molecular complexity index is 1840. The number of carbonyl (C=O) groups excluding carboxylic acids is 2. The van der Waals surface area contributed by atoms with Crippen molar-refractivity contribution in [1.82, 2.24) is 19.8 Å². The molecule has 2 saturated heterocycles. The Morgan fingerprint density at radius 2 is 1.72 bits per heavy atom. The van der Waals surface area contributed by atoms with Crippen molar-refractivity contribution in [3.05, 3.63) is 88.9 Å². The number of likely N-dealkylation sites (tertiary alicyclic amines) is 2. The Balaban J connectivity index is 1.25. The second-order valence-corrected chi connectivity index (χ2v) is 13.0. The highest BCUT2D eigenvalue weighted by molar-refractivity contribution is 6.06. The first-order valence-corrected chi connectivity index (χ1v) is 17.0. The van der Waals surface area contributed by atoms with Gasteiger partial charge < -0.3 is 34.6 Å². The van der Waals surface area contributed by atoms with Crippen LogP contribution in [0.25, 0.3) is 0 Å². The summed E-state index contributed by atoms with van der Waals surface area (Å²) in [7, 11) is 3.56. The molecule has 1 aromatic heterocycles. The minimum absolute atomic E-state index is 0.0563. The molecule has 0 saturated carbocycles. The zero-order chi connectivity index (χ0) is 35.2. The van der Waals surface area contributed by atoms with Gasteiger partial charge in [0.25, 0.3) is 11.8 Å². The van der Waals surface area contributed by atoms with E-state index >= 15 is 4.39 Å².